The van der Waals surface area contributed by atoms with E-state index in [2.05, 4.69) is 6.58 Å². The van der Waals surface area contributed by atoms with Crippen molar-refractivity contribution in [2.24, 2.45) is 0 Å². The third kappa shape index (κ3) is 8.55. The van der Waals surface area contributed by atoms with Gasteiger partial charge >= 0.3 is 0 Å². The van der Waals surface area contributed by atoms with Crippen molar-refractivity contribution in [2.45, 2.75) is 56.6 Å². The molecule has 0 aliphatic carbocycles. The van der Waals surface area contributed by atoms with Crippen molar-refractivity contribution in [2.75, 3.05) is 20.3 Å². The molecule has 3 aromatic rings. The highest BCUT2D eigenvalue weighted by molar-refractivity contribution is 5.15. The van der Waals surface area contributed by atoms with Gasteiger partial charge < -0.3 is 33.5 Å². The molecule has 1 aliphatic heterocycles. The molecule has 7 nitrogen and oxygen atoms in total. The third-order valence-corrected chi connectivity index (χ3v) is 6.52. The van der Waals surface area contributed by atoms with Crippen LogP contribution in [0.5, 0.6) is 0 Å². The first kappa shape index (κ1) is 29.1. The quantitative estimate of drug-likeness (QED) is 0.224. The van der Waals surface area contributed by atoms with Crippen LogP contribution in [0.15, 0.2) is 104 Å². The number of aliphatic hydroxyl groups excluding tert-OH is 1. The van der Waals surface area contributed by atoms with Gasteiger partial charge in [0.2, 0.25) is 0 Å². The Hall–Kier alpha value is -2.88. The molecule has 0 spiro atoms. The molecule has 0 radical (unpaired) electrons. The summed E-state index contributed by atoms with van der Waals surface area (Å²) in [6.45, 7) is 4.99. The lowest BCUT2D eigenvalue weighted by molar-refractivity contribution is -0.331. The SMILES string of the molecule is C=CCOC[C@H](O)[C@H]1O[C@H](OC)[C@H](OCc2ccccc2)[C@@H](OCc2ccccc2)[C@@H]1OCc1ccccc1. The fourth-order valence-electron chi connectivity index (χ4n) is 4.56. The zero-order chi connectivity index (χ0) is 27.3. The molecule has 7 heteroatoms. The van der Waals surface area contributed by atoms with E-state index in [1.807, 2.05) is 91.0 Å². The molecule has 0 bridgehead atoms. The highest BCUT2D eigenvalue weighted by Gasteiger charge is 2.50. The lowest BCUT2D eigenvalue weighted by Gasteiger charge is -2.46. The first-order valence-electron chi connectivity index (χ1n) is 13.2. The summed E-state index contributed by atoms with van der Waals surface area (Å²) < 4.78 is 37.0. The summed E-state index contributed by atoms with van der Waals surface area (Å²) in [5, 5.41) is 11.2. The van der Waals surface area contributed by atoms with E-state index in [4.69, 9.17) is 28.4 Å². The van der Waals surface area contributed by atoms with Crippen LogP contribution < -0.4 is 0 Å². The predicted molar refractivity (Wildman–Crippen MR) is 148 cm³/mol. The molecule has 3 aromatic carbocycles. The first-order chi connectivity index (χ1) is 19.2. The zero-order valence-electron chi connectivity index (χ0n) is 22.3. The molecule has 1 aliphatic rings. The van der Waals surface area contributed by atoms with Gasteiger partial charge in [0.25, 0.3) is 0 Å². The Morgan fingerprint density at radius 3 is 1.67 bits per heavy atom. The molecule has 1 saturated heterocycles. The maximum Gasteiger partial charge on any atom is 0.186 e. The van der Waals surface area contributed by atoms with Gasteiger partial charge in [-0.1, -0.05) is 97.1 Å². The molecule has 1 fully saturated rings. The van der Waals surface area contributed by atoms with Gasteiger partial charge in [-0.25, -0.2) is 0 Å². The number of hydrogen-bond acceptors (Lipinski definition) is 7. The van der Waals surface area contributed by atoms with Crippen LogP contribution in [0.2, 0.25) is 0 Å². The van der Waals surface area contributed by atoms with Crippen molar-refractivity contribution in [1.82, 2.24) is 0 Å². The number of benzene rings is 3. The molecule has 0 saturated carbocycles. The summed E-state index contributed by atoms with van der Waals surface area (Å²) >= 11 is 0. The topological polar surface area (TPSA) is 75.6 Å². The first-order valence-corrected chi connectivity index (χ1v) is 13.2. The largest absolute Gasteiger partial charge is 0.388 e. The molecular formula is C32H38O7. The van der Waals surface area contributed by atoms with E-state index >= 15 is 0 Å². The molecule has 1 N–H and O–H groups in total. The summed E-state index contributed by atoms with van der Waals surface area (Å²) in [4.78, 5) is 0. The van der Waals surface area contributed by atoms with Crippen LogP contribution in [0.3, 0.4) is 0 Å². The number of methoxy groups -OCH3 is 1. The van der Waals surface area contributed by atoms with E-state index in [9.17, 15) is 5.11 Å². The molecule has 0 unspecified atom stereocenters. The molecule has 39 heavy (non-hydrogen) atoms. The minimum absolute atomic E-state index is 0.0409. The van der Waals surface area contributed by atoms with E-state index in [-0.39, 0.29) is 6.61 Å². The van der Waals surface area contributed by atoms with Gasteiger partial charge in [-0.15, -0.1) is 6.58 Å². The second-order valence-electron chi connectivity index (χ2n) is 9.38. The van der Waals surface area contributed by atoms with Crippen LogP contribution in [0.25, 0.3) is 0 Å². The summed E-state index contributed by atoms with van der Waals surface area (Å²) in [7, 11) is 1.56. The van der Waals surface area contributed by atoms with Crippen LogP contribution in [0.4, 0.5) is 0 Å². The normalized spacial score (nSPS) is 23.8. The average Bonchev–Trinajstić information content (AvgIpc) is 2.99. The van der Waals surface area contributed by atoms with Crippen LogP contribution in [0, 0.1) is 0 Å². The summed E-state index contributed by atoms with van der Waals surface area (Å²) in [5.74, 6) is 0. The number of ether oxygens (including phenoxy) is 6. The summed E-state index contributed by atoms with van der Waals surface area (Å²) in [6, 6.07) is 29.7. The number of hydrogen-bond donors (Lipinski definition) is 1. The minimum Gasteiger partial charge on any atom is -0.388 e. The average molecular weight is 535 g/mol. The summed E-state index contributed by atoms with van der Waals surface area (Å²) in [5.41, 5.74) is 3.01. The molecule has 208 valence electrons. The van der Waals surface area contributed by atoms with E-state index in [0.717, 1.165) is 16.7 Å². The third-order valence-electron chi connectivity index (χ3n) is 6.52. The van der Waals surface area contributed by atoms with Crippen molar-refractivity contribution in [1.29, 1.82) is 0 Å². The Labute approximate surface area is 230 Å². The Morgan fingerprint density at radius 1 is 0.744 bits per heavy atom. The van der Waals surface area contributed by atoms with Gasteiger partial charge in [0.05, 0.1) is 33.0 Å². The van der Waals surface area contributed by atoms with Gasteiger partial charge in [0.1, 0.15) is 30.5 Å². The second kappa shape index (κ2) is 15.6. The lowest BCUT2D eigenvalue weighted by atomic mass is 9.94. The van der Waals surface area contributed by atoms with Crippen molar-refractivity contribution in [3.8, 4) is 0 Å². The molecule has 1 heterocycles. The standard InChI is InChI=1S/C32H38O7/c1-3-19-35-23-27(33)28-29(36-20-24-13-7-4-8-14-24)30(37-21-25-15-9-5-10-16-25)31(32(34-2)39-28)38-22-26-17-11-6-12-18-26/h3-18,27-33H,1,19-23H2,2H3/t27-,28+,29+,30-,31+,32-/m0/s1. The summed E-state index contributed by atoms with van der Waals surface area (Å²) in [6.07, 6.45) is -2.88. The van der Waals surface area contributed by atoms with Gasteiger partial charge in [-0.2, -0.15) is 0 Å². The maximum atomic E-state index is 11.2. The van der Waals surface area contributed by atoms with Crippen molar-refractivity contribution in [3.63, 3.8) is 0 Å². The maximum absolute atomic E-state index is 11.2. The number of aliphatic hydroxyl groups is 1. The van der Waals surface area contributed by atoms with E-state index in [1.165, 1.54) is 0 Å². The van der Waals surface area contributed by atoms with Crippen molar-refractivity contribution in [3.05, 3.63) is 120 Å². The fourth-order valence-corrected chi connectivity index (χ4v) is 4.56. The van der Waals surface area contributed by atoms with Crippen molar-refractivity contribution < 1.29 is 33.5 Å². The van der Waals surface area contributed by atoms with Crippen LogP contribution >= 0.6 is 0 Å². The second-order valence-corrected chi connectivity index (χ2v) is 9.38. The number of rotatable bonds is 15. The highest BCUT2D eigenvalue weighted by atomic mass is 16.7. The van der Waals surface area contributed by atoms with Gasteiger partial charge in [0, 0.05) is 7.11 Å². The van der Waals surface area contributed by atoms with Gasteiger partial charge in [-0.3, -0.25) is 0 Å². The molecular weight excluding hydrogens is 496 g/mol. The van der Waals surface area contributed by atoms with Crippen LogP contribution in [0.1, 0.15) is 16.7 Å². The van der Waals surface area contributed by atoms with E-state index in [1.54, 1.807) is 13.2 Å². The smallest absolute Gasteiger partial charge is 0.186 e. The molecule has 0 amide bonds. The van der Waals surface area contributed by atoms with E-state index < -0.39 is 36.8 Å². The fraction of sp³-hybridized carbons (Fsp3) is 0.375. The Bertz CT molecular complexity index is 1080. The minimum atomic E-state index is -0.999. The van der Waals surface area contributed by atoms with Crippen LogP contribution in [-0.4, -0.2) is 62.2 Å². The predicted octanol–water partition coefficient (Wildman–Crippen LogP) is 4.68. The molecule has 0 aromatic heterocycles. The molecule has 6 atom stereocenters. The van der Waals surface area contributed by atoms with Crippen LogP contribution in [-0.2, 0) is 48.2 Å². The van der Waals surface area contributed by atoms with Gasteiger partial charge in [-0.05, 0) is 16.7 Å². The van der Waals surface area contributed by atoms with Crippen molar-refractivity contribution >= 4 is 0 Å². The zero-order valence-corrected chi connectivity index (χ0v) is 22.3. The Balaban J connectivity index is 1.61. The van der Waals surface area contributed by atoms with E-state index in [0.29, 0.717) is 26.4 Å². The Kier molecular flexibility index (Phi) is 11.7. The monoisotopic (exact) mass is 534 g/mol. The molecule has 4 rings (SSSR count). The lowest BCUT2D eigenvalue weighted by Crippen LogP contribution is -2.63. The Morgan fingerprint density at radius 2 is 1.21 bits per heavy atom. The highest BCUT2D eigenvalue weighted by Crippen LogP contribution is 2.32. The van der Waals surface area contributed by atoms with Gasteiger partial charge in [0.15, 0.2) is 6.29 Å².